The highest BCUT2D eigenvalue weighted by atomic mass is 79.9. The minimum absolute atomic E-state index is 0.119. The zero-order valence-corrected chi connectivity index (χ0v) is 14.2. The molecule has 116 valence electrons. The SMILES string of the molecule is CC(NC(=O)CSc1ccc(F)c(F)c1)c1ccc(Br)cc1. The lowest BCUT2D eigenvalue weighted by Crippen LogP contribution is -2.28. The molecule has 2 rings (SSSR count). The van der Waals surface area contributed by atoms with Crippen LogP contribution in [-0.4, -0.2) is 11.7 Å². The Balaban J connectivity index is 1.87. The average molecular weight is 386 g/mol. The van der Waals surface area contributed by atoms with E-state index in [1.54, 1.807) is 0 Å². The molecule has 1 atom stereocenters. The molecule has 1 unspecified atom stereocenters. The molecule has 6 heteroatoms. The van der Waals surface area contributed by atoms with Crippen molar-refractivity contribution in [1.82, 2.24) is 5.32 Å². The lowest BCUT2D eigenvalue weighted by molar-refractivity contribution is -0.119. The van der Waals surface area contributed by atoms with E-state index in [4.69, 9.17) is 0 Å². The van der Waals surface area contributed by atoms with Crippen LogP contribution in [0.5, 0.6) is 0 Å². The Morgan fingerprint density at radius 3 is 2.50 bits per heavy atom. The molecule has 0 radical (unpaired) electrons. The predicted octanol–water partition coefficient (Wildman–Crippen LogP) is 4.70. The number of hydrogen-bond acceptors (Lipinski definition) is 2. The first-order chi connectivity index (χ1) is 10.5. The Morgan fingerprint density at radius 1 is 1.18 bits per heavy atom. The molecule has 2 nitrogen and oxygen atoms in total. The summed E-state index contributed by atoms with van der Waals surface area (Å²) in [6.07, 6.45) is 0. The van der Waals surface area contributed by atoms with Crippen molar-refractivity contribution in [2.45, 2.75) is 17.9 Å². The Kier molecular flexibility index (Phi) is 5.97. The number of nitrogens with one attached hydrogen (secondary N) is 1. The summed E-state index contributed by atoms with van der Waals surface area (Å²) in [7, 11) is 0. The molecule has 0 spiro atoms. The van der Waals surface area contributed by atoms with Crippen molar-refractivity contribution in [1.29, 1.82) is 0 Å². The van der Waals surface area contributed by atoms with E-state index in [1.807, 2.05) is 31.2 Å². The fourth-order valence-corrected chi connectivity index (χ4v) is 2.83. The summed E-state index contributed by atoms with van der Waals surface area (Å²) in [5.41, 5.74) is 0.995. The molecule has 1 N–H and O–H groups in total. The van der Waals surface area contributed by atoms with E-state index >= 15 is 0 Å². The molecule has 0 saturated heterocycles. The zero-order chi connectivity index (χ0) is 16.1. The van der Waals surface area contributed by atoms with E-state index in [9.17, 15) is 13.6 Å². The zero-order valence-electron chi connectivity index (χ0n) is 11.8. The highest BCUT2D eigenvalue weighted by molar-refractivity contribution is 9.10. The van der Waals surface area contributed by atoms with Crippen molar-refractivity contribution in [2.75, 3.05) is 5.75 Å². The molecular weight excluding hydrogens is 372 g/mol. The van der Waals surface area contributed by atoms with E-state index in [0.29, 0.717) is 4.90 Å². The monoisotopic (exact) mass is 385 g/mol. The van der Waals surface area contributed by atoms with Gasteiger partial charge in [0.2, 0.25) is 5.91 Å². The summed E-state index contributed by atoms with van der Waals surface area (Å²) in [5.74, 6) is -1.82. The topological polar surface area (TPSA) is 29.1 Å². The van der Waals surface area contributed by atoms with Crippen LogP contribution in [-0.2, 0) is 4.79 Å². The van der Waals surface area contributed by atoms with Crippen LogP contribution in [0.2, 0.25) is 0 Å². The van der Waals surface area contributed by atoms with Crippen LogP contribution < -0.4 is 5.32 Å². The van der Waals surface area contributed by atoms with Gasteiger partial charge in [0.25, 0.3) is 0 Å². The van der Waals surface area contributed by atoms with Gasteiger partial charge in [-0.05, 0) is 42.8 Å². The van der Waals surface area contributed by atoms with E-state index in [1.165, 1.54) is 6.07 Å². The molecule has 2 aromatic rings. The van der Waals surface area contributed by atoms with Gasteiger partial charge < -0.3 is 5.32 Å². The third-order valence-electron chi connectivity index (χ3n) is 3.01. The van der Waals surface area contributed by atoms with Gasteiger partial charge in [-0.1, -0.05) is 28.1 Å². The van der Waals surface area contributed by atoms with Crippen LogP contribution in [0.3, 0.4) is 0 Å². The lowest BCUT2D eigenvalue weighted by Gasteiger charge is -2.14. The highest BCUT2D eigenvalue weighted by Gasteiger charge is 2.10. The van der Waals surface area contributed by atoms with Crippen molar-refractivity contribution in [3.05, 3.63) is 64.1 Å². The van der Waals surface area contributed by atoms with Crippen molar-refractivity contribution in [3.63, 3.8) is 0 Å². The molecule has 0 aliphatic heterocycles. The number of rotatable bonds is 5. The summed E-state index contributed by atoms with van der Waals surface area (Å²) < 4.78 is 26.9. The van der Waals surface area contributed by atoms with Crippen LogP contribution in [0.4, 0.5) is 8.78 Å². The Morgan fingerprint density at radius 2 is 1.86 bits per heavy atom. The largest absolute Gasteiger partial charge is 0.349 e. The fraction of sp³-hybridized carbons (Fsp3) is 0.188. The third kappa shape index (κ3) is 4.81. The number of halogens is 3. The molecule has 1 amide bonds. The first-order valence-electron chi connectivity index (χ1n) is 6.58. The smallest absolute Gasteiger partial charge is 0.230 e. The van der Waals surface area contributed by atoms with Gasteiger partial charge in [-0.2, -0.15) is 0 Å². The minimum Gasteiger partial charge on any atom is -0.349 e. The Hall–Kier alpha value is -1.40. The van der Waals surface area contributed by atoms with E-state index < -0.39 is 11.6 Å². The van der Waals surface area contributed by atoms with Gasteiger partial charge >= 0.3 is 0 Å². The van der Waals surface area contributed by atoms with Gasteiger partial charge in [0.15, 0.2) is 11.6 Å². The van der Waals surface area contributed by atoms with Crippen LogP contribution in [0.25, 0.3) is 0 Å². The molecule has 22 heavy (non-hydrogen) atoms. The van der Waals surface area contributed by atoms with Gasteiger partial charge in [0.1, 0.15) is 0 Å². The second-order valence-electron chi connectivity index (χ2n) is 4.71. The first kappa shape index (κ1) is 17.0. The number of hydrogen-bond donors (Lipinski definition) is 1. The van der Waals surface area contributed by atoms with E-state index in [0.717, 1.165) is 33.9 Å². The molecule has 0 heterocycles. The van der Waals surface area contributed by atoms with Crippen LogP contribution in [0.1, 0.15) is 18.5 Å². The number of carbonyl (C=O) groups excluding carboxylic acids is 1. The molecule has 0 aliphatic carbocycles. The molecular formula is C16H14BrF2NOS. The quantitative estimate of drug-likeness (QED) is 0.755. The molecule has 0 bridgehead atoms. The normalized spacial score (nSPS) is 12.0. The number of amides is 1. The maximum absolute atomic E-state index is 13.1. The minimum atomic E-state index is -0.909. The highest BCUT2D eigenvalue weighted by Crippen LogP contribution is 2.21. The van der Waals surface area contributed by atoms with Crippen LogP contribution >= 0.6 is 27.7 Å². The maximum Gasteiger partial charge on any atom is 0.230 e. The molecule has 0 aromatic heterocycles. The molecule has 0 fully saturated rings. The Bertz CT molecular complexity index is 664. The number of carbonyl (C=O) groups is 1. The van der Waals surface area contributed by atoms with Gasteiger partial charge in [-0.25, -0.2) is 8.78 Å². The van der Waals surface area contributed by atoms with Crippen LogP contribution in [0.15, 0.2) is 51.8 Å². The van der Waals surface area contributed by atoms with Crippen LogP contribution in [0, 0.1) is 11.6 Å². The molecule has 0 aliphatic rings. The Labute approximate surface area is 140 Å². The number of thioether (sulfide) groups is 1. The van der Waals surface area contributed by atoms with E-state index in [2.05, 4.69) is 21.2 Å². The van der Waals surface area contributed by atoms with Crippen molar-refractivity contribution in [2.24, 2.45) is 0 Å². The second-order valence-corrected chi connectivity index (χ2v) is 6.67. The van der Waals surface area contributed by atoms with Gasteiger partial charge in [0.05, 0.1) is 11.8 Å². The number of benzene rings is 2. The average Bonchev–Trinajstić information content (AvgIpc) is 2.49. The summed E-state index contributed by atoms with van der Waals surface area (Å²) in [4.78, 5) is 12.4. The molecule has 2 aromatic carbocycles. The van der Waals surface area contributed by atoms with Gasteiger partial charge in [-0.15, -0.1) is 11.8 Å². The summed E-state index contributed by atoms with van der Waals surface area (Å²) >= 11 is 4.52. The fourth-order valence-electron chi connectivity index (χ4n) is 1.83. The molecule has 0 saturated carbocycles. The van der Waals surface area contributed by atoms with Crippen molar-refractivity contribution >= 4 is 33.6 Å². The summed E-state index contributed by atoms with van der Waals surface area (Å²) in [6.45, 7) is 1.89. The van der Waals surface area contributed by atoms with E-state index in [-0.39, 0.29) is 17.7 Å². The maximum atomic E-state index is 13.1. The van der Waals surface area contributed by atoms with Crippen molar-refractivity contribution in [3.8, 4) is 0 Å². The second kappa shape index (κ2) is 7.74. The van der Waals surface area contributed by atoms with Gasteiger partial charge in [-0.3, -0.25) is 4.79 Å². The lowest BCUT2D eigenvalue weighted by atomic mass is 10.1. The van der Waals surface area contributed by atoms with Crippen molar-refractivity contribution < 1.29 is 13.6 Å². The van der Waals surface area contributed by atoms with Gasteiger partial charge in [0, 0.05) is 9.37 Å². The third-order valence-corrected chi connectivity index (χ3v) is 4.53. The summed E-state index contributed by atoms with van der Waals surface area (Å²) in [5, 5.41) is 2.87. The predicted molar refractivity (Wildman–Crippen MR) is 87.8 cm³/mol. The first-order valence-corrected chi connectivity index (χ1v) is 8.36. The summed E-state index contributed by atoms with van der Waals surface area (Å²) in [6, 6.07) is 11.2. The standard InChI is InChI=1S/C16H14BrF2NOS/c1-10(11-2-4-12(17)5-3-11)20-16(21)9-22-13-6-7-14(18)15(19)8-13/h2-8,10H,9H2,1H3,(H,20,21).